The van der Waals surface area contributed by atoms with Gasteiger partial charge in [-0.1, -0.05) is 0 Å². The number of nitrogens with one attached hydrogen (secondary N) is 1. The van der Waals surface area contributed by atoms with Crippen molar-refractivity contribution in [2.75, 3.05) is 6.54 Å². The van der Waals surface area contributed by atoms with Crippen LogP contribution >= 0.6 is 0 Å². The fourth-order valence-corrected chi connectivity index (χ4v) is 5.21. The summed E-state index contributed by atoms with van der Waals surface area (Å²) in [6.07, 6.45) is -8.97. The number of carbonyl (C=O) groups is 1. The van der Waals surface area contributed by atoms with E-state index in [1.165, 1.54) is 0 Å². The van der Waals surface area contributed by atoms with Gasteiger partial charge in [-0.2, -0.15) is 26.3 Å². The molecule has 0 saturated heterocycles. The van der Waals surface area contributed by atoms with E-state index in [4.69, 9.17) is 0 Å². The molecule has 3 rings (SSSR count). The van der Waals surface area contributed by atoms with Crippen molar-refractivity contribution in [3.8, 4) is 0 Å². The van der Waals surface area contributed by atoms with E-state index in [0.717, 1.165) is 6.07 Å². The standard InChI is InChI=1S/C19H15F7N2O3S/c20-13-5-12(19(24,25)26)6-15(7-13)32(30,31)14-3-10(4-14)8-28-17(29)16-2-1-11(9-27-16)18(21,22)23/h1-2,5-7,9-10,14H,3-4,8H2,(H,28,29). The molecule has 1 amide bonds. The van der Waals surface area contributed by atoms with E-state index in [-0.39, 0.29) is 37.1 Å². The molecule has 1 aliphatic carbocycles. The lowest BCUT2D eigenvalue weighted by Crippen LogP contribution is -2.42. The van der Waals surface area contributed by atoms with Gasteiger partial charge in [0.1, 0.15) is 11.5 Å². The van der Waals surface area contributed by atoms with Crippen LogP contribution in [-0.4, -0.2) is 31.1 Å². The third-order valence-corrected chi connectivity index (χ3v) is 7.19. The summed E-state index contributed by atoms with van der Waals surface area (Å²) in [7, 11) is -4.22. The lowest BCUT2D eigenvalue weighted by molar-refractivity contribution is -0.138. The monoisotopic (exact) mass is 484 g/mol. The number of alkyl halides is 6. The molecule has 0 unspecified atom stereocenters. The predicted molar refractivity (Wildman–Crippen MR) is 96.7 cm³/mol. The van der Waals surface area contributed by atoms with Crippen molar-refractivity contribution < 1.29 is 43.9 Å². The number of pyridine rings is 1. The Balaban J connectivity index is 1.58. The number of halogens is 7. The summed E-state index contributed by atoms with van der Waals surface area (Å²) >= 11 is 0. The Hall–Kier alpha value is -2.70. The van der Waals surface area contributed by atoms with Crippen LogP contribution in [0.15, 0.2) is 41.4 Å². The second-order valence-electron chi connectivity index (χ2n) is 7.32. The number of rotatable bonds is 5. The summed E-state index contributed by atoms with van der Waals surface area (Å²) in [4.78, 5) is 14.7. The van der Waals surface area contributed by atoms with Gasteiger partial charge in [0, 0.05) is 12.7 Å². The van der Waals surface area contributed by atoms with E-state index in [1.54, 1.807) is 0 Å². The quantitative estimate of drug-likeness (QED) is 0.645. The minimum absolute atomic E-state index is 0.00942. The number of hydrogen-bond acceptors (Lipinski definition) is 4. The molecule has 1 saturated carbocycles. The van der Waals surface area contributed by atoms with E-state index in [1.807, 2.05) is 0 Å². The van der Waals surface area contributed by atoms with Crippen LogP contribution in [0.3, 0.4) is 0 Å². The van der Waals surface area contributed by atoms with Gasteiger partial charge >= 0.3 is 12.4 Å². The van der Waals surface area contributed by atoms with Crippen LogP contribution in [0.1, 0.15) is 34.5 Å². The first-order chi connectivity index (χ1) is 14.7. The Morgan fingerprint density at radius 3 is 2.16 bits per heavy atom. The maximum atomic E-state index is 13.5. The van der Waals surface area contributed by atoms with Crippen molar-refractivity contribution in [1.82, 2.24) is 10.3 Å². The molecule has 1 heterocycles. The molecular weight excluding hydrogens is 469 g/mol. The van der Waals surface area contributed by atoms with Crippen molar-refractivity contribution in [3.63, 3.8) is 0 Å². The zero-order chi connectivity index (χ0) is 23.9. The van der Waals surface area contributed by atoms with Crippen molar-refractivity contribution in [2.45, 2.75) is 35.3 Å². The van der Waals surface area contributed by atoms with Crippen molar-refractivity contribution in [3.05, 3.63) is 59.2 Å². The van der Waals surface area contributed by atoms with Crippen LogP contribution in [0.4, 0.5) is 30.7 Å². The smallest absolute Gasteiger partial charge is 0.350 e. The van der Waals surface area contributed by atoms with Gasteiger partial charge in [0.2, 0.25) is 0 Å². The molecule has 0 radical (unpaired) electrons. The normalized spacial score (nSPS) is 19.3. The van der Waals surface area contributed by atoms with Gasteiger partial charge in [-0.25, -0.2) is 12.8 Å². The van der Waals surface area contributed by atoms with Gasteiger partial charge in [0.15, 0.2) is 9.84 Å². The molecule has 0 aliphatic heterocycles. The van der Waals surface area contributed by atoms with E-state index >= 15 is 0 Å². The van der Waals surface area contributed by atoms with Gasteiger partial charge in [0.05, 0.1) is 21.3 Å². The number of nitrogens with zero attached hydrogens (tertiary/aromatic N) is 1. The van der Waals surface area contributed by atoms with Crippen molar-refractivity contribution in [1.29, 1.82) is 0 Å². The molecule has 1 aromatic heterocycles. The SMILES string of the molecule is O=C(NCC1CC(S(=O)(=O)c2cc(F)cc(C(F)(F)F)c2)C1)c1ccc(C(F)(F)F)cn1. The maximum absolute atomic E-state index is 13.5. The number of aromatic nitrogens is 1. The third kappa shape index (κ3) is 5.19. The second kappa shape index (κ2) is 8.34. The third-order valence-electron chi connectivity index (χ3n) is 5.03. The Bertz CT molecular complexity index is 1110. The Morgan fingerprint density at radius 2 is 1.62 bits per heavy atom. The molecule has 0 bridgehead atoms. The van der Waals surface area contributed by atoms with E-state index in [9.17, 15) is 43.9 Å². The maximum Gasteiger partial charge on any atom is 0.417 e. The molecule has 1 fully saturated rings. The number of carbonyl (C=O) groups excluding carboxylic acids is 1. The van der Waals surface area contributed by atoms with Gasteiger partial charge in [-0.3, -0.25) is 9.78 Å². The summed E-state index contributed by atoms with van der Waals surface area (Å²) in [6.45, 7) is -0.00942. The minimum atomic E-state index is -4.91. The first-order valence-corrected chi connectivity index (χ1v) is 10.7. The highest BCUT2D eigenvalue weighted by molar-refractivity contribution is 7.92. The van der Waals surface area contributed by atoms with Gasteiger partial charge < -0.3 is 5.32 Å². The molecule has 174 valence electrons. The molecule has 5 nitrogen and oxygen atoms in total. The van der Waals surface area contributed by atoms with Gasteiger partial charge in [-0.15, -0.1) is 0 Å². The van der Waals surface area contributed by atoms with Crippen molar-refractivity contribution >= 4 is 15.7 Å². The Labute approximate surface area is 177 Å². The molecule has 0 spiro atoms. The Morgan fingerprint density at radius 1 is 1.00 bits per heavy atom. The lowest BCUT2D eigenvalue weighted by Gasteiger charge is -2.35. The molecule has 13 heteroatoms. The molecular formula is C19H15F7N2O3S. The van der Waals surface area contributed by atoms with E-state index < -0.39 is 55.2 Å². The minimum Gasteiger partial charge on any atom is -0.350 e. The highest BCUT2D eigenvalue weighted by Crippen LogP contribution is 2.38. The average molecular weight is 484 g/mol. The fourth-order valence-electron chi connectivity index (χ4n) is 3.20. The van der Waals surface area contributed by atoms with E-state index in [2.05, 4.69) is 10.3 Å². The van der Waals surface area contributed by atoms with Crippen LogP contribution in [0, 0.1) is 11.7 Å². The molecule has 0 atom stereocenters. The highest BCUT2D eigenvalue weighted by Gasteiger charge is 2.41. The summed E-state index contributed by atoms with van der Waals surface area (Å²) < 4.78 is 115. The lowest BCUT2D eigenvalue weighted by atomic mass is 9.85. The van der Waals surface area contributed by atoms with E-state index in [0.29, 0.717) is 24.4 Å². The zero-order valence-corrected chi connectivity index (χ0v) is 16.8. The van der Waals surface area contributed by atoms with Gasteiger partial charge in [0.25, 0.3) is 5.91 Å². The molecule has 32 heavy (non-hydrogen) atoms. The molecule has 2 aromatic rings. The first kappa shape index (κ1) is 24.0. The van der Waals surface area contributed by atoms with Crippen LogP contribution in [0.5, 0.6) is 0 Å². The number of sulfone groups is 1. The van der Waals surface area contributed by atoms with Gasteiger partial charge in [-0.05, 0) is 49.1 Å². The average Bonchev–Trinajstić information content (AvgIpc) is 2.64. The summed E-state index contributed by atoms with van der Waals surface area (Å²) in [5, 5.41) is 1.38. The Kier molecular flexibility index (Phi) is 6.24. The first-order valence-electron chi connectivity index (χ1n) is 9.11. The molecule has 1 N–H and O–H groups in total. The predicted octanol–water partition coefficient (Wildman–Crippen LogP) is 4.24. The van der Waals surface area contributed by atoms with Crippen LogP contribution in [0.25, 0.3) is 0 Å². The number of benzene rings is 1. The summed E-state index contributed by atoms with van der Waals surface area (Å²) in [6, 6.07) is 2.70. The number of hydrogen-bond donors (Lipinski definition) is 1. The fraction of sp³-hybridized carbons (Fsp3) is 0.368. The topological polar surface area (TPSA) is 76.1 Å². The molecule has 1 aliphatic rings. The summed E-state index contributed by atoms with van der Waals surface area (Å²) in [5.41, 5.74) is -2.70. The zero-order valence-electron chi connectivity index (χ0n) is 16.0. The highest BCUT2D eigenvalue weighted by atomic mass is 32.2. The number of amides is 1. The summed E-state index contributed by atoms with van der Waals surface area (Å²) in [5.74, 6) is -2.42. The second-order valence-corrected chi connectivity index (χ2v) is 9.55. The van der Waals surface area contributed by atoms with Crippen molar-refractivity contribution in [2.24, 2.45) is 5.92 Å². The largest absolute Gasteiger partial charge is 0.417 e. The van der Waals surface area contributed by atoms with Crippen LogP contribution in [-0.2, 0) is 22.2 Å². The van der Waals surface area contributed by atoms with Crippen LogP contribution < -0.4 is 5.32 Å². The molecule has 1 aromatic carbocycles. The van der Waals surface area contributed by atoms with Crippen LogP contribution in [0.2, 0.25) is 0 Å².